The Balaban J connectivity index is 1.17. The summed E-state index contributed by atoms with van der Waals surface area (Å²) in [6, 6.07) is 13.3. The summed E-state index contributed by atoms with van der Waals surface area (Å²) in [5.41, 5.74) is 3.69. The van der Waals surface area contributed by atoms with Crippen LogP contribution in [0.4, 0.5) is 0 Å². The summed E-state index contributed by atoms with van der Waals surface area (Å²) < 4.78 is 5.37. The van der Waals surface area contributed by atoms with Gasteiger partial charge >= 0.3 is 0 Å². The molecule has 2 unspecified atom stereocenters. The van der Waals surface area contributed by atoms with Crippen LogP contribution in [0.3, 0.4) is 0 Å². The molecule has 5 rings (SSSR count). The largest absolute Gasteiger partial charge is 0.339 e. The molecule has 2 aliphatic rings. The maximum atomic E-state index is 5.37. The van der Waals surface area contributed by atoms with Gasteiger partial charge in [0.1, 0.15) is 0 Å². The van der Waals surface area contributed by atoms with Crippen molar-refractivity contribution in [1.82, 2.24) is 20.4 Å². The smallest absolute Gasteiger partial charge is 0.230 e. The molecule has 2 aromatic heterocycles. The van der Waals surface area contributed by atoms with Crippen LogP contribution < -0.4 is 5.32 Å². The topological polar surface area (TPSA) is 63.8 Å². The minimum atomic E-state index is 0.496. The lowest BCUT2D eigenvalue weighted by molar-refractivity contribution is 0.338. The summed E-state index contributed by atoms with van der Waals surface area (Å²) in [6.45, 7) is 0.893. The lowest BCUT2D eigenvalue weighted by atomic mass is 9.82. The van der Waals surface area contributed by atoms with Crippen LogP contribution in [0.1, 0.15) is 67.4 Å². The summed E-state index contributed by atoms with van der Waals surface area (Å²) in [5, 5.41) is 7.88. The predicted molar refractivity (Wildman–Crippen MR) is 108 cm³/mol. The van der Waals surface area contributed by atoms with Crippen molar-refractivity contribution in [3.63, 3.8) is 0 Å². The second kappa shape index (κ2) is 7.84. The molecule has 0 amide bonds. The van der Waals surface area contributed by atoms with Crippen molar-refractivity contribution < 1.29 is 4.52 Å². The molecule has 28 heavy (non-hydrogen) atoms. The molecule has 2 fully saturated rings. The maximum Gasteiger partial charge on any atom is 0.230 e. The minimum Gasteiger partial charge on any atom is -0.339 e. The molecule has 144 valence electrons. The highest BCUT2D eigenvalue weighted by molar-refractivity contribution is 5.54. The Hall–Kier alpha value is -2.53. The Bertz CT molecular complexity index is 902. The molecule has 0 bridgehead atoms. The molecule has 2 saturated carbocycles. The Morgan fingerprint density at radius 1 is 1.00 bits per heavy atom. The number of nitrogens with one attached hydrogen (secondary N) is 1. The van der Waals surface area contributed by atoms with Crippen molar-refractivity contribution in [2.75, 3.05) is 0 Å². The lowest BCUT2D eigenvalue weighted by Crippen LogP contribution is -2.33. The number of benzene rings is 1. The molecule has 3 aromatic rings. The Labute approximate surface area is 165 Å². The fourth-order valence-electron chi connectivity index (χ4n) is 4.18. The third kappa shape index (κ3) is 3.99. The van der Waals surface area contributed by atoms with Gasteiger partial charge in [0.25, 0.3) is 0 Å². The fourth-order valence-corrected chi connectivity index (χ4v) is 4.18. The maximum absolute atomic E-state index is 5.37. The van der Waals surface area contributed by atoms with Crippen molar-refractivity contribution in [2.24, 2.45) is 0 Å². The zero-order valence-electron chi connectivity index (χ0n) is 16.1. The molecular formula is C23H26N4O. The first kappa shape index (κ1) is 17.6. The normalized spacial score (nSPS) is 22.3. The predicted octanol–water partition coefficient (Wildman–Crippen LogP) is 4.83. The monoisotopic (exact) mass is 374 g/mol. The second-order valence-corrected chi connectivity index (χ2v) is 8.16. The van der Waals surface area contributed by atoms with Gasteiger partial charge in [0, 0.05) is 36.5 Å². The molecule has 0 aliphatic heterocycles. The van der Waals surface area contributed by atoms with E-state index in [1.165, 1.54) is 49.7 Å². The average Bonchev–Trinajstić information content (AvgIpc) is 3.50. The van der Waals surface area contributed by atoms with Gasteiger partial charge in [-0.1, -0.05) is 41.9 Å². The van der Waals surface area contributed by atoms with Gasteiger partial charge in [0.2, 0.25) is 11.7 Å². The van der Waals surface area contributed by atoms with E-state index in [0.29, 0.717) is 23.7 Å². The van der Waals surface area contributed by atoms with Gasteiger partial charge in [0.05, 0.1) is 0 Å². The van der Waals surface area contributed by atoms with Crippen LogP contribution in [0, 0.1) is 0 Å². The molecule has 2 heterocycles. The van der Waals surface area contributed by atoms with Crippen molar-refractivity contribution >= 4 is 0 Å². The number of rotatable bonds is 6. The van der Waals surface area contributed by atoms with E-state index in [4.69, 9.17) is 4.52 Å². The summed E-state index contributed by atoms with van der Waals surface area (Å²) in [7, 11) is 0. The zero-order valence-corrected chi connectivity index (χ0v) is 16.1. The van der Waals surface area contributed by atoms with E-state index < -0.39 is 0 Å². The van der Waals surface area contributed by atoms with Crippen LogP contribution in [0.15, 0.2) is 53.3 Å². The number of nitrogens with zero attached hydrogens (tertiary/aromatic N) is 3. The third-order valence-electron chi connectivity index (χ3n) is 6.01. The number of aromatic nitrogens is 3. The standard InChI is InChI=1S/C23H26N4O/c1-3-19(20-4-2-12-24-15-20)13-21(5-1)25-14-16-6-8-17(9-7-16)22-26-23(28-27-22)18-10-11-18/h2,4,6-9,12,15,18-19,21,25H,1,3,5,10-11,13-14H2. The Kier molecular flexibility index (Phi) is 4.92. The van der Waals surface area contributed by atoms with Gasteiger partial charge in [-0.2, -0.15) is 4.98 Å². The van der Waals surface area contributed by atoms with Crippen molar-refractivity contribution in [1.29, 1.82) is 0 Å². The molecule has 5 nitrogen and oxygen atoms in total. The first-order chi connectivity index (χ1) is 13.8. The Morgan fingerprint density at radius 2 is 1.89 bits per heavy atom. The SMILES string of the molecule is c1cncc(C2CCCC(NCc3ccc(-c4noc(C5CC5)n4)cc3)C2)c1. The van der Waals surface area contributed by atoms with Crippen LogP contribution in [0.2, 0.25) is 0 Å². The van der Waals surface area contributed by atoms with Gasteiger partial charge < -0.3 is 9.84 Å². The molecule has 0 saturated heterocycles. The van der Waals surface area contributed by atoms with E-state index >= 15 is 0 Å². The highest BCUT2D eigenvalue weighted by Gasteiger charge is 2.29. The fraction of sp³-hybridized carbons (Fsp3) is 0.435. The van der Waals surface area contributed by atoms with Gasteiger partial charge in [-0.15, -0.1) is 0 Å². The minimum absolute atomic E-state index is 0.496. The summed E-state index contributed by atoms with van der Waals surface area (Å²) in [6.07, 6.45) is 11.2. The molecule has 1 N–H and O–H groups in total. The molecule has 1 aromatic carbocycles. The number of pyridine rings is 1. The van der Waals surface area contributed by atoms with Crippen LogP contribution in [-0.4, -0.2) is 21.2 Å². The highest BCUT2D eigenvalue weighted by atomic mass is 16.5. The molecular weight excluding hydrogens is 348 g/mol. The van der Waals surface area contributed by atoms with E-state index in [1.807, 2.05) is 18.5 Å². The average molecular weight is 374 g/mol. The first-order valence-electron chi connectivity index (χ1n) is 10.4. The van der Waals surface area contributed by atoms with Gasteiger partial charge in [-0.25, -0.2) is 0 Å². The zero-order chi connectivity index (χ0) is 18.8. The van der Waals surface area contributed by atoms with E-state index in [-0.39, 0.29) is 0 Å². The quantitative estimate of drug-likeness (QED) is 0.670. The van der Waals surface area contributed by atoms with E-state index in [2.05, 4.69) is 50.8 Å². The van der Waals surface area contributed by atoms with Crippen LogP contribution >= 0.6 is 0 Å². The number of hydrogen-bond acceptors (Lipinski definition) is 5. The van der Waals surface area contributed by atoms with Crippen LogP contribution in [-0.2, 0) is 6.54 Å². The molecule has 0 spiro atoms. The lowest BCUT2D eigenvalue weighted by Gasteiger charge is -2.30. The summed E-state index contributed by atoms with van der Waals surface area (Å²) >= 11 is 0. The van der Waals surface area contributed by atoms with Crippen molar-refractivity contribution in [2.45, 2.75) is 62.9 Å². The van der Waals surface area contributed by atoms with Gasteiger partial charge in [0.15, 0.2) is 0 Å². The molecule has 0 radical (unpaired) electrons. The van der Waals surface area contributed by atoms with Crippen LogP contribution in [0.25, 0.3) is 11.4 Å². The van der Waals surface area contributed by atoms with Crippen molar-refractivity contribution in [3.05, 3.63) is 65.8 Å². The first-order valence-corrected chi connectivity index (χ1v) is 10.4. The van der Waals surface area contributed by atoms with Gasteiger partial charge in [-0.3, -0.25) is 4.98 Å². The van der Waals surface area contributed by atoms with Crippen molar-refractivity contribution in [3.8, 4) is 11.4 Å². The van der Waals surface area contributed by atoms with E-state index in [0.717, 1.165) is 18.0 Å². The Morgan fingerprint density at radius 3 is 2.68 bits per heavy atom. The number of hydrogen-bond donors (Lipinski definition) is 1. The van der Waals surface area contributed by atoms with Gasteiger partial charge in [-0.05, 0) is 55.2 Å². The molecule has 2 aliphatic carbocycles. The third-order valence-corrected chi connectivity index (χ3v) is 6.01. The van der Waals surface area contributed by atoms with Crippen LogP contribution in [0.5, 0.6) is 0 Å². The summed E-state index contributed by atoms with van der Waals surface area (Å²) in [5.74, 6) is 2.62. The highest BCUT2D eigenvalue weighted by Crippen LogP contribution is 2.39. The van der Waals surface area contributed by atoms with E-state index in [9.17, 15) is 0 Å². The summed E-state index contributed by atoms with van der Waals surface area (Å²) in [4.78, 5) is 8.82. The van der Waals surface area contributed by atoms with E-state index in [1.54, 1.807) is 0 Å². The second-order valence-electron chi connectivity index (χ2n) is 8.16. The molecule has 5 heteroatoms. The molecule has 2 atom stereocenters.